The third-order valence-electron chi connectivity index (χ3n) is 4.48. The van der Waals surface area contributed by atoms with Crippen molar-refractivity contribution >= 4 is 11.3 Å². The number of aromatic nitrogens is 2. The Balaban J connectivity index is 1.34. The Hall–Kier alpha value is -1.28. The molecule has 2 aromatic rings. The molecule has 2 aliphatic rings. The Bertz CT molecular complexity index is 593. The summed E-state index contributed by atoms with van der Waals surface area (Å²) >= 11 is 1.64. The third-order valence-corrected chi connectivity index (χ3v) is 5.35. The van der Waals surface area contributed by atoms with E-state index in [0.717, 1.165) is 43.5 Å². The summed E-state index contributed by atoms with van der Waals surface area (Å²) < 4.78 is 5.41. The lowest BCUT2D eigenvalue weighted by atomic mass is 10.2. The van der Waals surface area contributed by atoms with Crippen molar-refractivity contribution in [3.8, 4) is 10.7 Å². The summed E-state index contributed by atoms with van der Waals surface area (Å²) in [7, 11) is 0. The molecule has 1 unspecified atom stereocenters. The van der Waals surface area contributed by atoms with Gasteiger partial charge in [0.25, 0.3) is 0 Å². The van der Waals surface area contributed by atoms with Gasteiger partial charge in [-0.05, 0) is 17.9 Å². The quantitative estimate of drug-likeness (QED) is 0.916. The maximum Gasteiger partial charge on any atom is 0.241 e. The van der Waals surface area contributed by atoms with Gasteiger partial charge in [0.1, 0.15) is 0 Å². The second kappa shape index (κ2) is 6.45. The number of likely N-dealkylation sites (tertiary alicyclic amines) is 1. The average Bonchev–Trinajstić information content (AvgIpc) is 3.30. The molecule has 118 valence electrons. The Morgan fingerprint density at radius 1 is 1.32 bits per heavy atom. The second-order valence-electron chi connectivity index (χ2n) is 5.95. The molecule has 0 bridgehead atoms. The molecule has 1 N–H and O–H groups in total. The molecule has 0 spiro atoms. The van der Waals surface area contributed by atoms with Crippen LogP contribution in [0.5, 0.6) is 0 Å². The fourth-order valence-electron chi connectivity index (χ4n) is 3.32. The monoisotopic (exact) mass is 319 g/mol. The van der Waals surface area contributed by atoms with E-state index in [9.17, 15) is 0 Å². The lowest BCUT2D eigenvalue weighted by molar-refractivity contribution is 0.167. The number of hydrogen-bond donors (Lipinski definition) is 1. The van der Waals surface area contributed by atoms with Gasteiger partial charge in [0.05, 0.1) is 11.4 Å². The minimum absolute atomic E-state index is 0.682. The van der Waals surface area contributed by atoms with E-state index in [-0.39, 0.29) is 0 Å². The molecule has 6 nitrogen and oxygen atoms in total. The molecule has 2 aliphatic heterocycles. The highest BCUT2D eigenvalue weighted by Gasteiger charge is 2.29. The summed E-state index contributed by atoms with van der Waals surface area (Å²) in [6.45, 7) is 7.56. The predicted octanol–water partition coefficient (Wildman–Crippen LogP) is 1.28. The molecule has 0 amide bonds. The molecule has 7 heteroatoms. The van der Waals surface area contributed by atoms with Crippen molar-refractivity contribution in [2.24, 2.45) is 0 Å². The summed E-state index contributed by atoms with van der Waals surface area (Å²) in [5.41, 5.74) is 0. The van der Waals surface area contributed by atoms with Gasteiger partial charge in [0.15, 0.2) is 0 Å². The van der Waals surface area contributed by atoms with Gasteiger partial charge in [-0.2, -0.15) is 4.98 Å². The maximum absolute atomic E-state index is 5.41. The van der Waals surface area contributed by atoms with Gasteiger partial charge in [-0.15, -0.1) is 11.3 Å². The molecule has 0 saturated carbocycles. The average molecular weight is 319 g/mol. The second-order valence-corrected chi connectivity index (χ2v) is 6.90. The zero-order valence-corrected chi connectivity index (χ0v) is 13.4. The molecule has 2 aromatic heterocycles. The van der Waals surface area contributed by atoms with Crippen LogP contribution in [0.4, 0.5) is 0 Å². The van der Waals surface area contributed by atoms with Gasteiger partial charge in [0, 0.05) is 45.3 Å². The minimum Gasteiger partial charge on any atom is -0.338 e. The number of nitrogens with one attached hydrogen (secondary N) is 1. The molecule has 0 aromatic carbocycles. The minimum atomic E-state index is 0.682. The molecular formula is C15H21N5OS. The third kappa shape index (κ3) is 3.08. The molecular weight excluding hydrogens is 298 g/mol. The summed E-state index contributed by atoms with van der Waals surface area (Å²) in [6, 6.07) is 4.71. The van der Waals surface area contributed by atoms with Crippen molar-refractivity contribution in [1.29, 1.82) is 0 Å². The first-order valence-electron chi connectivity index (χ1n) is 7.92. The number of thiophene rings is 1. The van der Waals surface area contributed by atoms with Crippen LogP contribution in [0.15, 0.2) is 22.0 Å². The fraction of sp³-hybridized carbons (Fsp3) is 0.600. The highest BCUT2D eigenvalue weighted by molar-refractivity contribution is 7.13. The molecule has 2 saturated heterocycles. The molecule has 22 heavy (non-hydrogen) atoms. The van der Waals surface area contributed by atoms with Crippen molar-refractivity contribution in [1.82, 2.24) is 25.3 Å². The smallest absolute Gasteiger partial charge is 0.241 e. The molecule has 2 fully saturated rings. The summed E-state index contributed by atoms with van der Waals surface area (Å²) in [5, 5.41) is 9.54. The number of rotatable bonds is 4. The van der Waals surface area contributed by atoms with Gasteiger partial charge < -0.3 is 9.84 Å². The van der Waals surface area contributed by atoms with Gasteiger partial charge in [-0.3, -0.25) is 9.80 Å². The lowest BCUT2D eigenvalue weighted by Crippen LogP contribution is -2.49. The molecule has 0 aliphatic carbocycles. The van der Waals surface area contributed by atoms with Gasteiger partial charge in [0.2, 0.25) is 11.7 Å². The van der Waals surface area contributed by atoms with Crippen LogP contribution in [0.3, 0.4) is 0 Å². The standard InChI is InChI=1S/C15H21N5OS/c1-2-13(22-9-1)15-17-14(21-18-15)11-19-6-3-12(10-19)20-7-4-16-5-8-20/h1-2,9,12,16H,3-8,10-11H2. The first-order valence-corrected chi connectivity index (χ1v) is 8.80. The Kier molecular flexibility index (Phi) is 4.20. The highest BCUT2D eigenvalue weighted by atomic mass is 32.1. The van der Waals surface area contributed by atoms with Crippen LogP contribution >= 0.6 is 11.3 Å². The van der Waals surface area contributed by atoms with Crippen LogP contribution < -0.4 is 5.32 Å². The number of nitrogens with zero attached hydrogens (tertiary/aromatic N) is 4. The van der Waals surface area contributed by atoms with E-state index >= 15 is 0 Å². The highest BCUT2D eigenvalue weighted by Crippen LogP contribution is 2.23. The van der Waals surface area contributed by atoms with Crippen LogP contribution in [-0.4, -0.2) is 65.3 Å². The predicted molar refractivity (Wildman–Crippen MR) is 85.7 cm³/mol. The van der Waals surface area contributed by atoms with E-state index in [1.54, 1.807) is 11.3 Å². The zero-order valence-electron chi connectivity index (χ0n) is 12.6. The van der Waals surface area contributed by atoms with Gasteiger partial charge in [-0.25, -0.2) is 0 Å². The van der Waals surface area contributed by atoms with E-state index in [1.807, 2.05) is 17.5 Å². The number of piperazine rings is 1. The topological polar surface area (TPSA) is 57.4 Å². The Morgan fingerprint density at radius 3 is 3.05 bits per heavy atom. The van der Waals surface area contributed by atoms with E-state index in [1.165, 1.54) is 19.5 Å². The molecule has 4 heterocycles. The van der Waals surface area contributed by atoms with Crippen molar-refractivity contribution in [3.63, 3.8) is 0 Å². The summed E-state index contributed by atoms with van der Waals surface area (Å²) in [4.78, 5) is 10.6. The van der Waals surface area contributed by atoms with E-state index < -0.39 is 0 Å². The van der Waals surface area contributed by atoms with E-state index in [0.29, 0.717) is 11.9 Å². The largest absolute Gasteiger partial charge is 0.338 e. The summed E-state index contributed by atoms with van der Waals surface area (Å²) in [5.74, 6) is 1.44. The van der Waals surface area contributed by atoms with Crippen LogP contribution in [0.1, 0.15) is 12.3 Å². The number of hydrogen-bond acceptors (Lipinski definition) is 7. The zero-order chi connectivity index (χ0) is 14.8. The molecule has 4 rings (SSSR count). The van der Waals surface area contributed by atoms with Gasteiger partial charge in [-0.1, -0.05) is 11.2 Å². The van der Waals surface area contributed by atoms with Crippen molar-refractivity contribution in [3.05, 3.63) is 23.4 Å². The Labute approximate surface area is 134 Å². The van der Waals surface area contributed by atoms with Crippen molar-refractivity contribution in [2.45, 2.75) is 19.0 Å². The summed E-state index contributed by atoms with van der Waals surface area (Å²) in [6.07, 6.45) is 1.24. The van der Waals surface area contributed by atoms with Crippen LogP contribution in [0, 0.1) is 0 Å². The fourth-order valence-corrected chi connectivity index (χ4v) is 3.97. The van der Waals surface area contributed by atoms with E-state index in [4.69, 9.17) is 4.52 Å². The van der Waals surface area contributed by atoms with Crippen molar-refractivity contribution in [2.75, 3.05) is 39.3 Å². The van der Waals surface area contributed by atoms with Crippen LogP contribution in [0.25, 0.3) is 10.7 Å². The van der Waals surface area contributed by atoms with Crippen molar-refractivity contribution < 1.29 is 4.52 Å². The maximum atomic E-state index is 5.41. The van der Waals surface area contributed by atoms with Crippen LogP contribution in [0.2, 0.25) is 0 Å². The molecule has 1 atom stereocenters. The SMILES string of the molecule is c1csc(-c2noc(CN3CCC(N4CCNCC4)C3)n2)c1. The van der Waals surface area contributed by atoms with E-state index in [2.05, 4.69) is 25.3 Å². The first-order chi connectivity index (χ1) is 10.9. The normalized spacial score (nSPS) is 24.1. The van der Waals surface area contributed by atoms with Crippen LogP contribution in [-0.2, 0) is 6.54 Å². The Morgan fingerprint density at radius 2 is 2.23 bits per heavy atom. The molecule has 0 radical (unpaired) electrons. The van der Waals surface area contributed by atoms with Gasteiger partial charge >= 0.3 is 0 Å². The lowest BCUT2D eigenvalue weighted by Gasteiger charge is -2.32. The first kappa shape index (κ1) is 14.3.